The second kappa shape index (κ2) is 6.81. The number of anilines is 1. The van der Waals surface area contributed by atoms with Crippen molar-refractivity contribution in [1.82, 2.24) is 0 Å². The minimum atomic E-state index is -0.274. The van der Waals surface area contributed by atoms with E-state index in [2.05, 4.69) is 21.2 Å². The number of carbonyl (C=O) groups is 1. The van der Waals surface area contributed by atoms with Crippen molar-refractivity contribution in [3.63, 3.8) is 0 Å². The molecular weight excluding hydrogens is 346 g/mol. The first-order valence-corrected chi connectivity index (χ1v) is 7.25. The van der Waals surface area contributed by atoms with Crippen LogP contribution in [0.1, 0.15) is 23.7 Å². The van der Waals surface area contributed by atoms with Gasteiger partial charge < -0.3 is 14.5 Å². The van der Waals surface area contributed by atoms with E-state index in [4.69, 9.17) is 20.8 Å². The Morgan fingerprint density at radius 3 is 2.85 bits per heavy atom. The number of hydrogen-bond donors (Lipinski definition) is 1. The van der Waals surface area contributed by atoms with Crippen molar-refractivity contribution in [2.45, 2.75) is 13.3 Å². The van der Waals surface area contributed by atoms with E-state index in [0.717, 1.165) is 6.42 Å². The molecule has 0 fully saturated rings. The Hall–Kier alpha value is -1.46. The normalized spacial score (nSPS) is 10.3. The molecule has 2 rings (SSSR count). The van der Waals surface area contributed by atoms with Gasteiger partial charge in [-0.2, -0.15) is 0 Å². The molecule has 1 aromatic carbocycles. The van der Waals surface area contributed by atoms with Gasteiger partial charge in [-0.1, -0.05) is 18.5 Å². The molecule has 1 amide bonds. The predicted octanol–water partition coefficient (Wildman–Crippen LogP) is 4.74. The van der Waals surface area contributed by atoms with Crippen molar-refractivity contribution in [3.05, 3.63) is 45.8 Å². The average molecular weight is 359 g/mol. The maximum absolute atomic E-state index is 12.0. The monoisotopic (exact) mass is 357 g/mol. The van der Waals surface area contributed by atoms with Gasteiger partial charge in [-0.25, -0.2) is 0 Å². The van der Waals surface area contributed by atoms with Crippen LogP contribution in [0.3, 0.4) is 0 Å². The number of halogens is 2. The SMILES string of the molecule is CCCOc1ccc(NC(=O)c2ccoc2Br)cc1Cl. The average Bonchev–Trinajstić information content (AvgIpc) is 2.84. The van der Waals surface area contributed by atoms with Gasteiger partial charge in [0.05, 0.1) is 23.5 Å². The van der Waals surface area contributed by atoms with E-state index in [1.807, 2.05) is 6.92 Å². The predicted molar refractivity (Wildman–Crippen MR) is 81.6 cm³/mol. The number of hydrogen-bond acceptors (Lipinski definition) is 3. The van der Waals surface area contributed by atoms with Gasteiger partial charge in [0.25, 0.3) is 5.91 Å². The van der Waals surface area contributed by atoms with E-state index < -0.39 is 0 Å². The van der Waals surface area contributed by atoms with E-state index in [1.165, 1.54) is 6.26 Å². The minimum absolute atomic E-state index is 0.274. The topological polar surface area (TPSA) is 51.5 Å². The van der Waals surface area contributed by atoms with Crippen molar-refractivity contribution in [3.8, 4) is 5.75 Å². The molecule has 6 heteroatoms. The van der Waals surface area contributed by atoms with Crippen LogP contribution in [0.5, 0.6) is 5.75 Å². The van der Waals surface area contributed by atoms with Gasteiger partial charge in [0.2, 0.25) is 0 Å². The second-order valence-corrected chi connectivity index (χ2v) is 5.18. The van der Waals surface area contributed by atoms with Crippen molar-refractivity contribution >= 4 is 39.1 Å². The number of amides is 1. The first-order valence-electron chi connectivity index (χ1n) is 6.08. The van der Waals surface area contributed by atoms with Crippen LogP contribution < -0.4 is 10.1 Å². The fourth-order valence-electron chi connectivity index (χ4n) is 1.56. The highest BCUT2D eigenvalue weighted by molar-refractivity contribution is 9.10. The van der Waals surface area contributed by atoms with Gasteiger partial charge in [0.1, 0.15) is 5.75 Å². The van der Waals surface area contributed by atoms with Crippen molar-refractivity contribution in [1.29, 1.82) is 0 Å². The molecule has 20 heavy (non-hydrogen) atoms. The quantitative estimate of drug-likeness (QED) is 0.840. The molecular formula is C14H13BrClNO3. The lowest BCUT2D eigenvalue weighted by Gasteiger charge is -2.09. The zero-order chi connectivity index (χ0) is 14.5. The van der Waals surface area contributed by atoms with Crippen LogP contribution in [0.2, 0.25) is 5.02 Å². The molecule has 0 saturated carbocycles. The highest BCUT2D eigenvalue weighted by Crippen LogP contribution is 2.28. The van der Waals surface area contributed by atoms with Crippen LogP contribution >= 0.6 is 27.5 Å². The van der Waals surface area contributed by atoms with Gasteiger partial charge >= 0.3 is 0 Å². The molecule has 0 unspecified atom stereocenters. The first-order chi connectivity index (χ1) is 9.61. The lowest BCUT2D eigenvalue weighted by atomic mass is 10.2. The van der Waals surface area contributed by atoms with Crippen LogP contribution in [0.4, 0.5) is 5.69 Å². The molecule has 0 aliphatic heterocycles. The summed E-state index contributed by atoms with van der Waals surface area (Å²) in [6.07, 6.45) is 2.34. The molecule has 0 saturated heterocycles. The number of rotatable bonds is 5. The Kier molecular flexibility index (Phi) is 5.09. The third kappa shape index (κ3) is 3.55. The molecule has 4 nitrogen and oxygen atoms in total. The Labute approximate surface area is 130 Å². The molecule has 0 aliphatic rings. The highest BCUT2D eigenvalue weighted by Gasteiger charge is 2.13. The molecule has 2 aromatic rings. The summed E-state index contributed by atoms with van der Waals surface area (Å²) in [6, 6.07) is 6.71. The Morgan fingerprint density at radius 1 is 1.45 bits per heavy atom. The van der Waals surface area contributed by atoms with Gasteiger partial charge in [0, 0.05) is 5.69 Å². The van der Waals surface area contributed by atoms with E-state index in [-0.39, 0.29) is 5.91 Å². The summed E-state index contributed by atoms with van der Waals surface area (Å²) in [5.41, 5.74) is 1.02. The van der Waals surface area contributed by atoms with Crippen LogP contribution in [0, 0.1) is 0 Å². The van der Waals surface area contributed by atoms with Gasteiger partial charge in [0.15, 0.2) is 4.67 Å². The Morgan fingerprint density at radius 2 is 2.25 bits per heavy atom. The summed E-state index contributed by atoms with van der Waals surface area (Å²) in [6.45, 7) is 2.62. The Bertz CT molecular complexity index is 612. The molecule has 0 radical (unpaired) electrons. The van der Waals surface area contributed by atoms with E-state index in [0.29, 0.717) is 33.3 Å². The zero-order valence-electron chi connectivity index (χ0n) is 10.8. The van der Waals surface area contributed by atoms with Crippen LogP contribution in [-0.2, 0) is 0 Å². The number of carbonyl (C=O) groups excluding carboxylic acids is 1. The third-order valence-electron chi connectivity index (χ3n) is 2.51. The molecule has 106 valence electrons. The largest absolute Gasteiger partial charge is 0.492 e. The van der Waals surface area contributed by atoms with Crippen molar-refractivity contribution in [2.75, 3.05) is 11.9 Å². The maximum atomic E-state index is 12.0. The molecule has 0 atom stereocenters. The smallest absolute Gasteiger partial charge is 0.260 e. The molecule has 0 aliphatic carbocycles. The first kappa shape index (κ1) is 14.9. The van der Waals surface area contributed by atoms with E-state index >= 15 is 0 Å². The lowest BCUT2D eigenvalue weighted by Crippen LogP contribution is -2.11. The number of benzene rings is 1. The standard InChI is InChI=1S/C14H13BrClNO3/c1-2-6-19-12-4-3-9(8-11(12)16)17-14(18)10-5-7-20-13(10)15/h3-5,7-8H,2,6H2,1H3,(H,17,18). The van der Waals surface area contributed by atoms with E-state index in [9.17, 15) is 4.79 Å². The maximum Gasteiger partial charge on any atom is 0.260 e. The molecule has 0 spiro atoms. The number of furan rings is 1. The minimum Gasteiger partial charge on any atom is -0.492 e. The Balaban J connectivity index is 2.09. The zero-order valence-corrected chi connectivity index (χ0v) is 13.1. The number of ether oxygens (including phenoxy) is 1. The fourth-order valence-corrected chi connectivity index (χ4v) is 2.22. The summed E-state index contributed by atoms with van der Waals surface area (Å²) in [5, 5.41) is 3.20. The van der Waals surface area contributed by atoms with Crippen LogP contribution in [0.25, 0.3) is 0 Å². The second-order valence-electron chi connectivity index (χ2n) is 4.06. The van der Waals surface area contributed by atoms with Crippen molar-refractivity contribution in [2.24, 2.45) is 0 Å². The van der Waals surface area contributed by atoms with Gasteiger partial charge in [-0.15, -0.1) is 0 Å². The highest BCUT2D eigenvalue weighted by atomic mass is 79.9. The third-order valence-corrected chi connectivity index (χ3v) is 3.42. The van der Waals surface area contributed by atoms with Gasteiger partial charge in [-0.3, -0.25) is 4.79 Å². The fraction of sp³-hybridized carbons (Fsp3) is 0.214. The molecule has 1 N–H and O–H groups in total. The number of nitrogens with one attached hydrogen (secondary N) is 1. The molecule has 0 bridgehead atoms. The summed E-state index contributed by atoms with van der Waals surface area (Å²) in [5.74, 6) is 0.333. The summed E-state index contributed by atoms with van der Waals surface area (Å²) in [4.78, 5) is 12.0. The summed E-state index contributed by atoms with van der Waals surface area (Å²) >= 11 is 9.26. The van der Waals surface area contributed by atoms with Crippen molar-refractivity contribution < 1.29 is 13.9 Å². The van der Waals surface area contributed by atoms with E-state index in [1.54, 1.807) is 24.3 Å². The molecule has 1 aromatic heterocycles. The van der Waals surface area contributed by atoms with Gasteiger partial charge in [-0.05, 0) is 46.6 Å². The van der Waals surface area contributed by atoms with Crippen LogP contribution in [-0.4, -0.2) is 12.5 Å². The van der Waals surface area contributed by atoms with Crippen LogP contribution in [0.15, 0.2) is 39.6 Å². The summed E-state index contributed by atoms with van der Waals surface area (Å²) < 4.78 is 10.9. The molecule has 1 heterocycles. The summed E-state index contributed by atoms with van der Waals surface area (Å²) in [7, 11) is 0. The lowest BCUT2D eigenvalue weighted by molar-refractivity contribution is 0.102.